The van der Waals surface area contributed by atoms with Crippen LogP contribution < -0.4 is 0 Å². The number of H-pyrrole nitrogens is 1. The molecule has 0 aliphatic carbocycles. The van der Waals surface area contributed by atoms with Gasteiger partial charge in [-0.25, -0.2) is 0 Å². The lowest BCUT2D eigenvalue weighted by Crippen LogP contribution is -1.88. The molecule has 0 saturated heterocycles. The second kappa shape index (κ2) is 4.19. The van der Waals surface area contributed by atoms with Gasteiger partial charge in [-0.1, -0.05) is 0 Å². The Morgan fingerprint density at radius 3 is 3.13 bits per heavy atom. The Hall–Kier alpha value is -1.74. The van der Waals surface area contributed by atoms with E-state index < -0.39 is 0 Å². The van der Waals surface area contributed by atoms with Gasteiger partial charge >= 0.3 is 0 Å². The SMILES string of the molecule is C[C@H](C#N)Sc1nnc(-c2ccc[nH]2)o1. The second-order valence-electron chi connectivity index (χ2n) is 2.85. The van der Waals surface area contributed by atoms with Crippen molar-refractivity contribution in [3.8, 4) is 17.7 Å². The number of hydrogen-bond donors (Lipinski definition) is 1. The molecule has 0 aliphatic heterocycles. The van der Waals surface area contributed by atoms with Gasteiger partial charge in [0.15, 0.2) is 0 Å². The third-order valence-electron chi connectivity index (χ3n) is 1.69. The van der Waals surface area contributed by atoms with Crippen molar-refractivity contribution in [2.75, 3.05) is 0 Å². The molecule has 2 aromatic heterocycles. The number of nitrogens with one attached hydrogen (secondary N) is 1. The first-order valence-corrected chi connectivity index (χ1v) is 5.21. The van der Waals surface area contributed by atoms with Gasteiger partial charge in [0.25, 0.3) is 11.1 Å². The van der Waals surface area contributed by atoms with Crippen LogP contribution in [-0.4, -0.2) is 20.4 Å². The van der Waals surface area contributed by atoms with Gasteiger partial charge in [-0.2, -0.15) is 5.26 Å². The van der Waals surface area contributed by atoms with Gasteiger partial charge in [0.05, 0.1) is 11.3 Å². The predicted octanol–water partition coefficient (Wildman–Crippen LogP) is 2.07. The summed E-state index contributed by atoms with van der Waals surface area (Å²) in [6.07, 6.45) is 1.78. The highest BCUT2D eigenvalue weighted by molar-refractivity contribution is 7.99. The number of aromatic nitrogens is 3. The Bertz CT molecular complexity index is 471. The van der Waals surface area contributed by atoms with Crippen LogP contribution in [0.3, 0.4) is 0 Å². The zero-order valence-corrected chi connectivity index (χ0v) is 8.78. The standard InChI is InChI=1S/C9H8N4OS/c1-6(5-10)15-9-13-12-8(14-9)7-3-2-4-11-7/h2-4,6,11H,1H3/t6-/m1/s1. The van der Waals surface area contributed by atoms with Crippen LogP contribution >= 0.6 is 11.8 Å². The smallest absolute Gasteiger partial charge is 0.278 e. The molecule has 76 valence electrons. The molecule has 0 unspecified atom stereocenters. The molecule has 2 heterocycles. The Labute approximate surface area is 90.5 Å². The maximum atomic E-state index is 8.62. The molecule has 2 aromatic rings. The van der Waals surface area contributed by atoms with E-state index in [-0.39, 0.29) is 5.25 Å². The van der Waals surface area contributed by atoms with E-state index >= 15 is 0 Å². The molecule has 0 fully saturated rings. The molecule has 5 nitrogen and oxygen atoms in total. The van der Waals surface area contributed by atoms with Gasteiger partial charge < -0.3 is 9.40 Å². The highest BCUT2D eigenvalue weighted by Gasteiger charge is 2.12. The summed E-state index contributed by atoms with van der Waals surface area (Å²) in [6, 6.07) is 5.78. The van der Waals surface area contributed by atoms with Crippen molar-refractivity contribution in [1.82, 2.24) is 15.2 Å². The number of hydrogen-bond acceptors (Lipinski definition) is 5. The number of rotatable bonds is 3. The van der Waals surface area contributed by atoms with E-state index in [9.17, 15) is 0 Å². The molecule has 0 bridgehead atoms. The van der Waals surface area contributed by atoms with Gasteiger partial charge in [0.2, 0.25) is 0 Å². The van der Waals surface area contributed by atoms with Crippen molar-refractivity contribution in [2.45, 2.75) is 17.4 Å². The van der Waals surface area contributed by atoms with Crippen LogP contribution in [0.5, 0.6) is 0 Å². The quantitative estimate of drug-likeness (QED) is 0.801. The van der Waals surface area contributed by atoms with Gasteiger partial charge in [0, 0.05) is 6.20 Å². The molecule has 0 saturated carbocycles. The zero-order valence-electron chi connectivity index (χ0n) is 7.97. The predicted molar refractivity (Wildman–Crippen MR) is 55.0 cm³/mol. The maximum Gasteiger partial charge on any atom is 0.278 e. The summed E-state index contributed by atoms with van der Waals surface area (Å²) in [6.45, 7) is 1.78. The molecular formula is C9H8N4OS. The fourth-order valence-corrected chi connectivity index (χ4v) is 1.58. The van der Waals surface area contributed by atoms with Crippen LogP contribution in [0.15, 0.2) is 28.0 Å². The fraction of sp³-hybridized carbons (Fsp3) is 0.222. The van der Waals surface area contributed by atoms with E-state index in [4.69, 9.17) is 9.68 Å². The van der Waals surface area contributed by atoms with E-state index in [0.717, 1.165) is 5.69 Å². The minimum absolute atomic E-state index is 0.193. The average molecular weight is 220 g/mol. The Morgan fingerprint density at radius 2 is 2.47 bits per heavy atom. The molecule has 1 N–H and O–H groups in total. The highest BCUT2D eigenvalue weighted by Crippen LogP contribution is 2.24. The topological polar surface area (TPSA) is 78.5 Å². The molecule has 0 radical (unpaired) electrons. The molecule has 0 aliphatic rings. The summed E-state index contributed by atoms with van der Waals surface area (Å²) in [5.41, 5.74) is 0.777. The van der Waals surface area contributed by atoms with Crippen LogP contribution in [0.4, 0.5) is 0 Å². The van der Waals surface area contributed by atoms with Crippen molar-refractivity contribution in [1.29, 1.82) is 5.26 Å². The summed E-state index contributed by atoms with van der Waals surface area (Å²) in [5, 5.41) is 16.5. The lowest BCUT2D eigenvalue weighted by Gasteiger charge is -1.93. The van der Waals surface area contributed by atoms with E-state index in [1.807, 2.05) is 12.1 Å². The minimum Gasteiger partial charge on any atom is -0.410 e. The normalized spacial score (nSPS) is 12.3. The van der Waals surface area contributed by atoms with E-state index in [0.29, 0.717) is 11.1 Å². The monoisotopic (exact) mass is 220 g/mol. The Balaban J connectivity index is 2.15. The molecular weight excluding hydrogens is 212 g/mol. The van der Waals surface area contributed by atoms with Crippen molar-refractivity contribution in [3.63, 3.8) is 0 Å². The number of nitriles is 1. The molecule has 2 rings (SSSR count). The Kier molecular flexibility index (Phi) is 2.74. The van der Waals surface area contributed by atoms with Crippen molar-refractivity contribution in [3.05, 3.63) is 18.3 Å². The molecule has 1 atom stereocenters. The van der Waals surface area contributed by atoms with E-state index in [1.165, 1.54) is 11.8 Å². The van der Waals surface area contributed by atoms with Crippen molar-refractivity contribution < 1.29 is 4.42 Å². The maximum absolute atomic E-state index is 8.62. The second-order valence-corrected chi connectivity index (χ2v) is 4.14. The summed E-state index contributed by atoms with van der Waals surface area (Å²) in [7, 11) is 0. The first-order valence-electron chi connectivity index (χ1n) is 4.33. The molecule has 0 aromatic carbocycles. The third kappa shape index (κ3) is 2.19. The summed E-state index contributed by atoms with van der Waals surface area (Å²) >= 11 is 1.25. The molecule has 6 heteroatoms. The lowest BCUT2D eigenvalue weighted by atomic mass is 10.4. The minimum atomic E-state index is -0.193. The van der Waals surface area contributed by atoms with Gasteiger partial charge in [-0.15, -0.1) is 10.2 Å². The summed E-state index contributed by atoms with van der Waals surface area (Å²) < 4.78 is 5.36. The summed E-state index contributed by atoms with van der Waals surface area (Å²) in [5.74, 6) is 0.438. The third-order valence-corrected chi connectivity index (χ3v) is 2.52. The van der Waals surface area contributed by atoms with Crippen LogP contribution in [-0.2, 0) is 0 Å². The van der Waals surface area contributed by atoms with Crippen LogP contribution in [0.1, 0.15) is 6.92 Å². The number of nitrogens with zero attached hydrogens (tertiary/aromatic N) is 3. The highest BCUT2D eigenvalue weighted by atomic mass is 32.2. The number of thioether (sulfide) groups is 1. The largest absolute Gasteiger partial charge is 0.410 e. The van der Waals surface area contributed by atoms with Crippen molar-refractivity contribution in [2.24, 2.45) is 0 Å². The molecule has 0 spiro atoms. The van der Waals surface area contributed by atoms with E-state index in [2.05, 4.69) is 21.3 Å². The summed E-state index contributed by atoms with van der Waals surface area (Å²) in [4.78, 5) is 2.96. The van der Waals surface area contributed by atoms with Gasteiger partial charge in [0.1, 0.15) is 5.69 Å². The number of aromatic amines is 1. The fourth-order valence-electron chi connectivity index (χ4n) is 1.01. The lowest BCUT2D eigenvalue weighted by molar-refractivity contribution is 0.464. The first-order chi connectivity index (χ1) is 7.29. The average Bonchev–Trinajstić information content (AvgIpc) is 2.85. The first kappa shape index (κ1) is 9.80. The Morgan fingerprint density at radius 1 is 1.60 bits per heavy atom. The van der Waals surface area contributed by atoms with E-state index in [1.54, 1.807) is 13.1 Å². The molecule has 15 heavy (non-hydrogen) atoms. The molecule has 0 amide bonds. The zero-order chi connectivity index (χ0) is 10.7. The van der Waals surface area contributed by atoms with Gasteiger partial charge in [-0.05, 0) is 30.8 Å². The van der Waals surface area contributed by atoms with Crippen LogP contribution in [0, 0.1) is 11.3 Å². The van der Waals surface area contributed by atoms with Crippen molar-refractivity contribution >= 4 is 11.8 Å². The van der Waals surface area contributed by atoms with Crippen LogP contribution in [0.2, 0.25) is 0 Å². The van der Waals surface area contributed by atoms with Gasteiger partial charge in [-0.3, -0.25) is 0 Å². The van der Waals surface area contributed by atoms with Crippen LogP contribution in [0.25, 0.3) is 11.6 Å².